The quantitative estimate of drug-likeness (QED) is 0.586. The maximum Gasteiger partial charge on any atom is 0.0712 e. The fourth-order valence-corrected chi connectivity index (χ4v) is 2.03. The van der Waals surface area contributed by atoms with Crippen molar-refractivity contribution in [2.45, 2.75) is 31.8 Å². The highest BCUT2D eigenvalue weighted by molar-refractivity contribution is 4.72. The molecule has 1 aliphatic heterocycles. The molecule has 0 radical (unpaired) electrons. The Morgan fingerprint density at radius 3 is 3.00 bits per heavy atom. The molecule has 0 aromatic carbocycles. The smallest absolute Gasteiger partial charge is 0.0712 e. The molecule has 2 fully saturated rings. The zero-order valence-corrected chi connectivity index (χ0v) is 10.7. The monoisotopic (exact) mass is 242 g/mol. The van der Waals surface area contributed by atoms with Gasteiger partial charge in [0.1, 0.15) is 0 Å². The largest absolute Gasteiger partial charge is 0.381 e. The molecule has 1 aliphatic carbocycles. The highest BCUT2D eigenvalue weighted by Crippen LogP contribution is 2.28. The SMILES string of the molecule is C(CNCCC1CNCCO1)COCC1CC1. The third-order valence-electron chi connectivity index (χ3n) is 3.34. The lowest BCUT2D eigenvalue weighted by atomic mass is 10.2. The summed E-state index contributed by atoms with van der Waals surface area (Å²) in [6, 6.07) is 0. The van der Waals surface area contributed by atoms with Crippen LogP contribution in [0.4, 0.5) is 0 Å². The Balaban J connectivity index is 1.31. The van der Waals surface area contributed by atoms with E-state index >= 15 is 0 Å². The van der Waals surface area contributed by atoms with E-state index in [-0.39, 0.29) is 0 Å². The second kappa shape index (κ2) is 8.03. The standard InChI is InChI=1S/C13H26N2O2/c1(8-16-11-12-2-3-12)5-14-6-4-13-10-15-7-9-17-13/h12-15H,1-11H2. The van der Waals surface area contributed by atoms with Gasteiger partial charge in [-0.1, -0.05) is 0 Å². The number of morpholine rings is 1. The number of hydrogen-bond donors (Lipinski definition) is 2. The highest BCUT2D eigenvalue weighted by atomic mass is 16.5. The molecule has 0 aromatic heterocycles. The van der Waals surface area contributed by atoms with E-state index in [4.69, 9.17) is 9.47 Å². The lowest BCUT2D eigenvalue weighted by molar-refractivity contribution is 0.0238. The first kappa shape index (κ1) is 13.3. The normalized spacial score (nSPS) is 25.1. The van der Waals surface area contributed by atoms with Gasteiger partial charge in [-0.2, -0.15) is 0 Å². The number of rotatable bonds is 9. The lowest BCUT2D eigenvalue weighted by Crippen LogP contribution is -2.40. The van der Waals surface area contributed by atoms with Gasteiger partial charge >= 0.3 is 0 Å². The molecule has 1 heterocycles. The zero-order valence-electron chi connectivity index (χ0n) is 10.7. The van der Waals surface area contributed by atoms with E-state index in [1.54, 1.807) is 0 Å². The molecule has 0 amide bonds. The van der Waals surface area contributed by atoms with Crippen molar-refractivity contribution in [3.05, 3.63) is 0 Å². The van der Waals surface area contributed by atoms with Gasteiger partial charge in [0.15, 0.2) is 0 Å². The first-order valence-corrected chi connectivity index (χ1v) is 7.06. The Kier molecular flexibility index (Phi) is 6.27. The molecule has 1 atom stereocenters. The average Bonchev–Trinajstić information content (AvgIpc) is 3.18. The summed E-state index contributed by atoms with van der Waals surface area (Å²) in [5, 5.41) is 6.80. The Labute approximate surface area is 104 Å². The van der Waals surface area contributed by atoms with Crippen molar-refractivity contribution >= 4 is 0 Å². The van der Waals surface area contributed by atoms with E-state index < -0.39 is 0 Å². The first-order chi connectivity index (χ1) is 8.45. The van der Waals surface area contributed by atoms with Crippen LogP contribution in [0.5, 0.6) is 0 Å². The van der Waals surface area contributed by atoms with Gasteiger partial charge in [-0.05, 0) is 44.7 Å². The summed E-state index contributed by atoms with van der Waals surface area (Å²) >= 11 is 0. The van der Waals surface area contributed by atoms with Crippen molar-refractivity contribution < 1.29 is 9.47 Å². The van der Waals surface area contributed by atoms with Gasteiger partial charge < -0.3 is 20.1 Å². The average molecular weight is 242 g/mol. The number of ether oxygens (including phenoxy) is 2. The van der Waals surface area contributed by atoms with Gasteiger partial charge in [0.2, 0.25) is 0 Å². The molecule has 4 nitrogen and oxygen atoms in total. The lowest BCUT2D eigenvalue weighted by Gasteiger charge is -2.23. The van der Waals surface area contributed by atoms with Gasteiger partial charge in [-0.3, -0.25) is 0 Å². The van der Waals surface area contributed by atoms with Crippen LogP contribution in [0.1, 0.15) is 25.7 Å². The second-order valence-electron chi connectivity index (χ2n) is 5.11. The van der Waals surface area contributed by atoms with Crippen LogP contribution in [0.3, 0.4) is 0 Å². The third kappa shape index (κ3) is 6.36. The minimum absolute atomic E-state index is 0.405. The van der Waals surface area contributed by atoms with E-state index in [9.17, 15) is 0 Å². The minimum atomic E-state index is 0.405. The van der Waals surface area contributed by atoms with Crippen LogP contribution in [0, 0.1) is 5.92 Å². The molecule has 0 bridgehead atoms. The Bertz CT molecular complexity index is 192. The van der Waals surface area contributed by atoms with Crippen LogP contribution in [-0.4, -0.2) is 52.1 Å². The molecule has 2 N–H and O–H groups in total. The molecular weight excluding hydrogens is 216 g/mol. The second-order valence-corrected chi connectivity index (χ2v) is 5.11. The summed E-state index contributed by atoms with van der Waals surface area (Å²) in [6.45, 7) is 6.88. The summed E-state index contributed by atoms with van der Waals surface area (Å²) < 4.78 is 11.2. The molecule has 0 spiro atoms. The Hall–Kier alpha value is -0.160. The van der Waals surface area contributed by atoms with E-state index in [1.807, 2.05) is 0 Å². The van der Waals surface area contributed by atoms with Crippen LogP contribution in [0.25, 0.3) is 0 Å². The van der Waals surface area contributed by atoms with Crippen molar-refractivity contribution in [3.63, 3.8) is 0 Å². The van der Waals surface area contributed by atoms with Crippen molar-refractivity contribution in [1.29, 1.82) is 0 Å². The Morgan fingerprint density at radius 1 is 1.29 bits per heavy atom. The molecular formula is C13H26N2O2. The fraction of sp³-hybridized carbons (Fsp3) is 1.00. The fourth-order valence-electron chi connectivity index (χ4n) is 2.03. The van der Waals surface area contributed by atoms with Crippen molar-refractivity contribution in [1.82, 2.24) is 10.6 Å². The van der Waals surface area contributed by atoms with Gasteiger partial charge in [-0.25, -0.2) is 0 Å². The zero-order chi connectivity index (χ0) is 11.8. The maximum absolute atomic E-state index is 5.63. The van der Waals surface area contributed by atoms with Crippen molar-refractivity contribution in [2.75, 3.05) is 46.0 Å². The van der Waals surface area contributed by atoms with Gasteiger partial charge in [0.05, 0.1) is 12.7 Å². The third-order valence-corrected chi connectivity index (χ3v) is 3.34. The maximum atomic E-state index is 5.63. The Morgan fingerprint density at radius 2 is 2.24 bits per heavy atom. The van der Waals surface area contributed by atoms with E-state index in [2.05, 4.69) is 10.6 Å². The summed E-state index contributed by atoms with van der Waals surface area (Å²) in [4.78, 5) is 0. The van der Waals surface area contributed by atoms with Gasteiger partial charge in [0.25, 0.3) is 0 Å². The molecule has 17 heavy (non-hydrogen) atoms. The molecule has 2 rings (SSSR count). The predicted molar refractivity (Wildman–Crippen MR) is 68.3 cm³/mol. The van der Waals surface area contributed by atoms with E-state index in [0.717, 1.165) is 64.8 Å². The van der Waals surface area contributed by atoms with Crippen LogP contribution in [-0.2, 0) is 9.47 Å². The summed E-state index contributed by atoms with van der Waals surface area (Å²) in [5.74, 6) is 0.888. The first-order valence-electron chi connectivity index (χ1n) is 7.06. The number of nitrogens with one attached hydrogen (secondary N) is 2. The molecule has 1 unspecified atom stereocenters. The van der Waals surface area contributed by atoms with Gasteiger partial charge in [-0.15, -0.1) is 0 Å². The van der Waals surface area contributed by atoms with Crippen LogP contribution in [0.2, 0.25) is 0 Å². The van der Waals surface area contributed by atoms with E-state index in [1.165, 1.54) is 12.8 Å². The topological polar surface area (TPSA) is 42.5 Å². The van der Waals surface area contributed by atoms with Crippen molar-refractivity contribution in [3.8, 4) is 0 Å². The molecule has 1 saturated heterocycles. The summed E-state index contributed by atoms with van der Waals surface area (Å²) in [5.41, 5.74) is 0. The molecule has 4 heteroatoms. The highest BCUT2D eigenvalue weighted by Gasteiger charge is 2.20. The van der Waals surface area contributed by atoms with Gasteiger partial charge in [0, 0.05) is 26.3 Å². The summed E-state index contributed by atoms with van der Waals surface area (Å²) in [6.07, 6.45) is 5.40. The molecule has 1 saturated carbocycles. The predicted octanol–water partition coefficient (Wildman–Crippen LogP) is 0.771. The molecule has 2 aliphatic rings. The van der Waals surface area contributed by atoms with Crippen molar-refractivity contribution in [2.24, 2.45) is 5.92 Å². The number of hydrogen-bond acceptors (Lipinski definition) is 4. The van der Waals surface area contributed by atoms with Crippen LogP contribution < -0.4 is 10.6 Å². The van der Waals surface area contributed by atoms with E-state index in [0.29, 0.717) is 6.10 Å². The minimum Gasteiger partial charge on any atom is -0.381 e. The summed E-state index contributed by atoms with van der Waals surface area (Å²) in [7, 11) is 0. The molecule has 100 valence electrons. The molecule has 0 aromatic rings. The van der Waals surface area contributed by atoms with Crippen LogP contribution in [0.15, 0.2) is 0 Å². The van der Waals surface area contributed by atoms with Crippen LogP contribution >= 0.6 is 0 Å².